The number of hydrogen-bond acceptors (Lipinski definition) is 5. The van der Waals surface area contributed by atoms with Gasteiger partial charge in [0.2, 0.25) is 17.7 Å². The molecule has 8 nitrogen and oxygen atoms in total. The number of β-amino-alcohol motifs (C(OH)–C–C–N with tert-alkyl or cyclic N) is 1. The molecule has 5 atom stereocenters. The Bertz CT molecular complexity index is 847. The normalized spacial score (nSPS) is 30.4. The number of nitrogens with zero attached hydrogens (tertiary/aromatic N) is 1. The molecule has 3 heterocycles. The highest BCUT2D eigenvalue weighted by atomic mass is 16.5. The van der Waals surface area contributed by atoms with E-state index in [0.717, 1.165) is 24.8 Å². The third-order valence-electron chi connectivity index (χ3n) is 7.08. The molecule has 2 unspecified atom stereocenters. The fraction of sp³-hybridized carbons (Fsp3) is 0.625. The first kappa shape index (κ1) is 22.7. The van der Waals surface area contributed by atoms with Crippen LogP contribution in [0.3, 0.4) is 0 Å². The van der Waals surface area contributed by atoms with E-state index < -0.39 is 23.5 Å². The van der Waals surface area contributed by atoms with Crippen molar-refractivity contribution in [2.24, 2.45) is 11.8 Å². The predicted octanol–water partition coefficient (Wildman–Crippen LogP) is 0.976. The lowest BCUT2D eigenvalue weighted by Crippen LogP contribution is -2.55. The van der Waals surface area contributed by atoms with Crippen molar-refractivity contribution in [3.63, 3.8) is 0 Å². The molecule has 1 spiro atoms. The number of hydrogen-bond donors (Lipinski definition) is 3. The van der Waals surface area contributed by atoms with Gasteiger partial charge in [-0.1, -0.05) is 50.1 Å². The molecule has 32 heavy (non-hydrogen) atoms. The van der Waals surface area contributed by atoms with Gasteiger partial charge in [-0.15, -0.1) is 0 Å². The lowest BCUT2D eigenvalue weighted by Gasteiger charge is -2.33. The molecular weight excluding hydrogens is 410 g/mol. The minimum atomic E-state index is -0.999. The van der Waals surface area contributed by atoms with Crippen LogP contribution in [0.2, 0.25) is 0 Å². The molecule has 3 N–H and O–H groups in total. The molecule has 174 valence electrons. The zero-order valence-electron chi connectivity index (χ0n) is 18.6. The van der Waals surface area contributed by atoms with E-state index in [4.69, 9.17) is 4.74 Å². The smallest absolute Gasteiger partial charge is 0.245 e. The quantitative estimate of drug-likeness (QED) is 0.467. The van der Waals surface area contributed by atoms with Gasteiger partial charge < -0.3 is 25.4 Å². The largest absolute Gasteiger partial charge is 0.395 e. The molecule has 0 radical (unpaired) electrons. The number of aliphatic hydroxyl groups is 1. The summed E-state index contributed by atoms with van der Waals surface area (Å²) in [4.78, 5) is 41.2. The van der Waals surface area contributed by atoms with Gasteiger partial charge in [-0.25, -0.2) is 0 Å². The molecule has 3 aliphatic heterocycles. The SMILES string of the molecule is CCCCCNC(=O)C1N(CCO)C(=O)[C@@H]2[C@@H](C(=O)NCc3ccccc3)[C@H]3CCC12O3. The topological polar surface area (TPSA) is 108 Å². The summed E-state index contributed by atoms with van der Waals surface area (Å²) in [6.07, 6.45) is 3.76. The van der Waals surface area contributed by atoms with Crippen molar-refractivity contribution in [2.45, 2.75) is 63.3 Å². The number of ether oxygens (including phenoxy) is 1. The Kier molecular flexibility index (Phi) is 6.81. The van der Waals surface area contributed by atoms with Crippen molar-refractivity contribution in [3.05, 3.63) is 35.9 Å². The van der Waals surface area contributed by atoms with Crippen LogP contribution in [0.25, 0.3) is 0 Å². The van der Waals surface area contributed by atoms with Crippen molar-refractivity contribution in [1.82, 2.24) is 15.5 Å². The Morgan fingerprint density at radius 2 is 1.97 bits per heavy atom. The van der Waals surface area contributed by atoms with Crippen LogP contribution >= 0.6 is 0 Å². The fourth-order valence-corrected chi connectivity index (χ4v) is 5.69. The molecular formula is C24H33N3O5. The molecule has 3 fully saturated rings. The highest BCUT2D eigenvalue weighted by Crippen LogP contribution is 2.58. The summed E-state index contributed by atoms with van der Waals surface area (Å²) in [6.45, 7) is 2.81. The summed E-state index contributed by atoms with van der Waals surface area (Å²) in [5.74, 6) is -2.06. The van der Waals surface area contributed by atoms with Gasteiger partial charge in [-0.05, 0) is 24.8 Å². The summed E-state index contributed by atoms with van der Waals surface area (Å²) in [5.41, 5.74) is -0.0239. The maximum Gasteiger partial charge on any atom is 0.245 e. The van der Waals surface area contributed by atoms with E-state index in [1.807, 2.05) is 30.3 Å². The number of likely N-dealkylation sites (tertiary alicyclic amines) is 1. The number of carbonyl (C=O) groups is 3. The number of amides is 3. The van der Waals surface area contributed by atoms with Gasteiger partial charge >= 0.3 is 0 Å². The predicted molar refractivity (Wildman–Crippen MR) is 117 cm³/mol. The zero-order chi connectivity index (χ0) is 22.7. The first-order chi connectivity index (χ1) is 15.5. The number of rotatable bonds is 10. The molecule has 0 aliphatic carbocycles. The number of unbranched alkanes of at least 4 members (excludes halogenated alkanes) is 2. The molecule has 1 aromatic carbocycles. The fourth-order valence-electron chi connectivity index (χ4n) is 5.69. The van der Waals surface area contributed by atoms with Crippen LogP contribution in [0.5, 0.6) is 0 Å². The molecule has 3 amide bonds. The number of carbonyl (C=O) groups excluding carboxylic acids is 3. The maximum absolute atomic E-state index is 13.4. The van der Waals surface area contributed by atoms with Gasteiger partial charge in [0.25, 0.3) is 0 Å². The number of nitrogens with one attached hydrogen (secondary N) is 2. The van der Waals surface area contributed by atoms with Gasteiger partial charge in [0.05, 0.1) is 24.5 Å². The zero-order valence-corrected chi connectivity index (χ0v) is 18.6. The molecule has 4 rings (SSSR count). The van der Waals surface area contributed by atoms with Crippen LogP contribution in [-0.4, -0.2) is 65.2 Å². The van der Waals surface area contributed by atoms with E-state index in [1.54, 1.807) is 0 Å². The molecule has 8 heteroatoms. The van der Waals surface area contributed by atoms with Gasteiger partial charge in [0.15, 0.2) is 0 Å². The molecule has 3 aliphatic rings. The van der Waals surface area contributed by atoms with Crippen molar-refractivity contribution < 1.29 is 24.2 Å². The molecule has 2 bridgehead atoms. The van der Waals surface area contributed by atoms with Crippen molar-refractivity contribution in [2.75, 3.05) is 19.7 Å². The third-order valence-corrected chi connectivity index (χ3v) is 7.08. The van der Waals surface area contributed by atoms with Crippen LogP contribution in [0, 0.1) is 11.8 Å². The molecule has 0 aromatic heterocycles. The van der Waals surface area contributed by atoms with E-state index >= 15 is 0 Å². The molecule has 0 saturated carbocycles. The average Bonchev–Trinajstić information content (AvgIpc) is 3.44. The Hall–Kier alpha value is -2.45. The van der Waals surface area contributed by atoms with E-state index in [-0.39, 0.29) is 37.0 Å². The third kappa shape index (κ3) is 3.90. The summed E-state index contributed by atoms with van der Waals surface area (Å²) >= 11 is 0. The van der Waals surface area contributed by atoms with E-state index in [2.05, 4.69) is 17.6 Å². The van der Waals surface area contributed by atoms with E-state index in [0.29, 0.717) is 25.9 Å². The first-order valence-corrected chi connectivity index (χ1v) is 11.7. The van der Waals surface area contributed by atoms with Crippen LogP contribution < -0.4 is 10.6 Å². The van der Waals surface area contributed by atoms with Crippen LogP contribution in [0.15, 0.2) is 30.3 Å². The Balaban J connectivity index is 1.52. The van der Waals surface area contributed by atoms with Crippen LogP contribution in [0.1, 0.15) is 44.6 Å². The first-order valence-electron chi connectivity index (χ1n) is 11.7. The standard InChI is InChI=1S/C24H33N3O5/c1-2-3-7-12-25-22(30)20-24-11-10-17(32-24)18(19(24)23(31)27(20)13-14-28)21(29)26-15-16-8-5-4-6-9-16/h4-6,8-9,17-20,28H,2-3,7,10-15H2,1H3,(H,25,30)(H,26,29)/t17-,18+,19+,20?,24?/m1/s1. The highest BCUT2D eigenvalue weighted by molar-refractivity contribution is 5.98. The van der Waals surface area contributed by atoms with Crippen molar-refractivity contribution >= 4 is 17.7 Å². The van der Waals surface area contributed by atoms with Gasteiger partial charge in [-0.3, -0.25) is 14.4 Å². The summed E-state index contributed by atoms with van der Waals surface area (Å²) in [7, 11) is 0. The Morgan fingerprint density at radius 1 is 1.19 bits per heavy atom. The Labute approximate surface area is 188 Å². The highest BCUT2D eigenvalue weighted by Gasteiger charge is 2.74. The monoisotopic (exact) mass is 443 g/mol. The van der Waals surface area contributed by atoms with Gasteiger partial charge in [0, 0.05) is 19.6 Å². The summed E-state index contributed by atoms with van der Waals surface area (Å²) in [6, 6.07) is 8.79. The number of benzene rings is 1. The maximum atomic E-state index is 13.4. The number of fused-ring (bicyclic) bond motifs is 1. The molecule has 1 aromatic rings. The minimum Gasteiger partial charge on any atom is -0.395 e. The van der Waals surface area contributed by atoms with Crippen molar-refractivity contribution in [3.8, 4) is 0 Å². The minimum absolute atomic E-state index is 0.0521. The van der Waals surface area contributed by atoms with Gasteiger partial charge in [0.1, 0.15) is 11.6 Å². The second-order valence-electron chi connectivity index (χ2n) is 9.01. The van der Waals surface area contributed by atoms with E-state index in [1.165, 1.54) is 4.90 Å². The number of aliphatic hydroxyl groups excluding tert-OH is 1. The van der Waals surface area contributed by atoms with Gasteiger partial charge in [-0.2, -0.15) is 0 Å². The van der Waals surface area contributed by atoms with E-state index in [9.17, 15) is 19.5 Å². The lowest BCUT2D eigenvalue weighted by molar-refractivity contribution is -0.142. The van der Waals surface area contributed by atoms with Crippen LogP contribution in [0.4, 0.5) is 0 Å². The lowest BCUT2D eigenvalue weighted by atomic mass is 9.70. The second-order valence-corrected chi connectivity index (χ2v) is 9.01. The second kappa shape index (κ2) is 9.58. The Morgan fingerprint density at radius 3 is 2.69 bits per heavy atom. The summed E-state index contributed by atoms with van der Waals surface area (Å²) in [5, 5.41) is 15.5. The average molecular weight is 444 g/mol. The molecule has 3 saturated heterocycles. The summed E-state index contributed by atoms with van der Waals surface area (Å²) < 4.78 is 6.31. The van der Waals surface area contributed by atoms with Crippen LogP contribution in [-0.2, 0) is 25.7 Å². The van der Waals surface area contributed by atoms with Crippen molar-refractivity contribution in [1.29, 1.82) is 0 Å².